The lowest BCUT2D eigenvalue weighted by Crippen LogP contribution is -2.16. The highest BCUT2D eigenvalue weighted by Gasteiger charge is 2.06. The topological polar surface area (TPSA) is 35.2 Å². The molecule has 0 aromatic heterocycles. The van der Waals surface area contributed by atoms with Crippen LogP contribution in [0.3, 0.4) is 0 Å². The van der Waals surface area contributed by atoms with E-state index in [0.717, 1.165) is 5.56 Å². The van der Waals surface area contributed by atoms with Gasteiger partial charge in [0.05, 0.1) is 12.6 Å². The van der Waals surface area contributed by atoms with E-state index in [1.54, 1.807) is 26.2 Å². The number of rotatable bonds is 3. The molecule has 0 spiro atoms. The summed E-state index contributed by atoms with van der Waals surface area (Å²) in [5.41, 5.74) is 7.30. The predicted octanol–water partition coefficient (Wildman–Crippen LogP) is 1.78. The third kappa shape index (κ3) is 2.50. The van der Waals surface area contributed by atoms with Crippen LogP contribution in [-0.2, 0) is 4.74 Å². The van der Waals surface area contributed by atoms with Gasteiger partial charge in [0.1, 0.15) is 5.82 Å². The van der Waals surface area contributed by atoms with E-state index in [1.165, 1.54) is 6.07 Å². The molecule has 3 heteroatoms. The van der Waals surface area contributed by atoms with Gasteiger partial charge in [0.25, 0.3) is 0 Å². The molecule has 1 rings (SSSR count). The van der Waals surface area contributed by atoms with E-state index in [2.05, 4.69) is 0 Å². The van der Waals surface area contributed by atoms with Crippen molar-refractivity contribution in [3.8, 4) is 0 Å². The maximum Gasteiger partial charge on any atom is 0.126 e. The molecule has 13 heavy (non-hydrogen) atoms. The van der Waals surface area contributed by atoms with Gasteiger partial charge in [-0.15, -0.1) is 0 Å². The van der Waals surface area contributed by atoms with Crippen molar-refractivity contribution >= 4 is 0 Å². The van der Waals surface area contributed by atoms with Gasteiger partial charge in [-0.25, -0.2) is 4.39 Å². The van der Waals surface area contributed by atoms with Crippen molar-refractivity contribution in [1.82, 2.24) is 0 Å². The van der Waals surface area contributed by atoms with Crippen molar-refractivity contribution in [2.75, 3.05) is 13.7 Å². The Morgan fingerprint density at radius 1 is 1.54 bits per heavy atom. The Morgan fingerprint density at radius 2 is 2.23 bits per heavy atom. The average Bonchev–Trinajstić information content (AvgIpc) is 2.10. The van der Waals surface area contributed by atoms with Crippen LogP contribution < -0.4 is 5.73 Å². The quantitative estimate of drug-likeness (QED) is 0.775. The Balaban J connectivity index is 2.84. The van der Waals surface area contributed by atoms with E-state index in [4.69, 9.17) is 10.5 Å². The van der Waals surface area contributed by atoms with E-state index in [0.29, 0.717) is 12.2 Å². The maximum absolute atomic E-state index is 12.9. The summed E-state index contributed by atoms with van der Waals surface area (Å²) >= 11 is 0. The summed E-state index contributed by atoms with van der Waals surface area (Å²) in [5, 5.41) is 0. The van der Waals surface area contributed by atoms with E-state index in [-0.39, 0.29) is 11.9 Å². The third-order valence-electron chi connectivity index (χ3n) is 1.96. The molecule has 2 N–H and O–H groups in total. The van der Waals surface area contributed by atoms with Crippen molar-refractivity contribution in [3.63, 3.8) is 0 Å². The van der Waals surface area contributed by atoms with Crippen LogP contribution in [0.4, 0.5) is 4.39 Å². The van der Waals surface area contributed by atoms with E-state index in [1.807, 2.05) is 0 Å². The van der Waals surface area contributed by atoms with Crippen molar-refractivity contribution in [2.45, 2.75) is 13.0 Å². The zero-order valence-electron chi connectivity index (χ0n) is 7.88. The highest BCUT2D eigenvalue weighted by atomic mass is 19.1. The summed E-state index contributed by atoms with van der Waals surface area (Å²) in [7, 11) is 1.59. The number of ether oxygens (including phenoxy) is 1. The molecule has 72 valence electrons. The minimum Gasteiger partial charge on any atom is -0.383 e. The summed E-state index contributed by atoms with van der Waals surface area (Å²) in [6, 6.07) is 4.69. The van der Waals surface area contributed by atoms with Crippen LogP contribution in [0.2, 0.25) is 0 Å². The fourth-order valence-electron chi connectivity index (χ4n) is 1.17. The van der Waals surface area contributed by atoms with Crippen LogP contribution >= 0.6 is 0 Å². The molecule has 0 saturated heterocycles. The first-order chi connectivity index (χ1) is 6.15. The van der Waals surface area contributed by atoms with Gasteiger partial charge in [0.15, 0.2) is 0 Å². The standard InChI is InChI=1S/C10H14FNO/c1-7-5-8(3-4-9(7)11)10(12)6-13-2/h3-5,10H,6,12H2,1-2H3. The molecule has 0 radical (unpaired) electrons. The summed E-state index contributed by atoms with van der Waals surface area (Å²) in [4.78, 5) is 0. The van der Waals surface area contributed by atoms with Gasteiger partial charge in [0.2, 0.25) is 0 Å². The molecule has 0 heterocycles. The van der Waals surface area contributed by atoms with Crippen molar-refractivity contribution in [2.24, 2.45) is 5.73 Å². The highest BCUT2D eigenvalue weighted by Crippen LogP contribution is 2.14. The van der Waals surface area contributed by atoms with Crippen LogP contribution in [0.25, 0.3) is 0 Å². The Labute approximate surface area is 77.5 Å². The van der Waals surface area contributed by atoms with Gasteiger partial charge in [0, 0.05) is 7.11 Å². The van der Waals surface area contributed by atoms with Crippen LogP contribution in [0, 0.1) is 12.7 Å². The fraction of sp³-hybridized carbons (Fsp3) is 0.400. The highest BCUT2D eigenvalue weighted by molar-refractivity contribution is 5.26. The fourth-order valence-corrected chi connectivity index (χ4v) is 1.17. The minimum atomic E-state index is -0.201. The van der Waals surface area contributed by atoms with Gasteiger partial charge in [-0.05, 0) is 24.1 Å². The number of aryl methyl sites for hydroxylation is 1. The molecule has 1 atom stereocenters. The number of benzene rings is 1. The van der Waals surface area contributed by atoms with E-state index < -0.39 is 0 Å². The molecule has 0 aliphatic rings. The van der Waals surface area contributed by atoms with Crippen LogP contribution in [0.1, 0.15) is 17.2 Å². The number of halogens is 1. The second-order valence-electron chi connectivity index (χ2n) is 3.07. The first-order valence-electron chi connectivity index (χ1n) is 4.15. The monoisotopic (exact) mass is 183 g/mol. The second kappa shape index (κ2) is 4.35. The largest absolute Gasteiger partial charge is 0.383 e. The zero-order chi connectivity index (χ0) is 9.84. The lowest BCUT2D eigenvalue weighted by Gasteiger charge is -2.11. The van der Waals surface area contributed by atoms with Gasteiger partial charge in [-0.2, -0.15) is 0 Å². The maximum atomic E-state index is 12.9. The van der Waals surface area contributed by atoms with Crippen LogP contribution in [-0.4, -0.2) is 13.7 Å². The Bertz CT molecular complexity index is 288. The van der Waals surface area contributed by atoms with Crippen molar-refractivity contribution in [3.05, 3.63) is 35.1 Å². The molecule has 1 aromatic rings. The lowest BCUT2D eigenvalue weighted by molar-refractivity contribution is 0.181. The van der Waals surface area contributed by atoms with E-state index >= 15 is 0 Å². The SMILES string of the molecule is COCC(N)c1ccc(F)c(C)c1. The molecule has 0 fully saturated rings. The molecule has 0 saturated carbocycles. The van der Waals surface area contributed by atoms with Crippen LogP contribution in [0.5, 0.6) is 0 Å². The van der Waals surface area contributed by atoms with Crippen molar-refractivity contribution < 1.29 is 9.13 Å². The van der Waals surface area contributed by atoms with Crippen LogP contribution in [0.15, 0.2) is 18.2 Å². The molecular formula is C10H14FNO. The predicted molar refractivity (Wildman–Crippen MR) is 49.9 cm³/mol. The summed E-state index contributed by atoms with van der Waals surface area (Å²) < 4.78 is 17.8. The molecule has 1 aromatic carbocycles. The molecule has 0 bridgehead atoms. The molecule has 0 aliphatic heterocycles. The van der Waals surface area contributed by atoms with Gasteiger partial charge in [-0.1, -0.05) is 12.1 Å². The van der Waals surface area contributed by atoms with Gasteiger partial charge < -0.3 is 10.5 Å². The Kier molecular flexibility index (Phi) is 3.39. The smallest absolute Gasteiger partial charge is 0.126 e. The first-order valence-corrected chi connectivity index (χ1v) is 4.15. The minimum absolute atomic E-state index is 0.177. The average molecular weight is 183 g/mol. The number of hydrogen-bond acceptors (Lipinski definition) is 2. The van der Waals surface area contributed by atoms with Gasteiger partial charge >= 0.3 is 0 Å². The summed E-state index contributed by atoms with van der Waals surface area (Å²) in [5.74, 6) is -0.201. The number of methoxy groups -OCH3 is 1. The normalized spacial score (nSPS) is 12.9. The lowest BCUT2D eigenvalue weighted by atomic mass is 10.1. The summed E-state index contributed by atoms with van der Waals surface area (Å²) in [6.07, 6.45) is 0. The molecule has 1 unspecified atom stereocenters. The molecule has 2 nitrogen and oxygen atoms in total. The Hall–Kier alpha value is -0.930. The third-order valence-corrected chi connectivity index (χ3v) is 1.96. The van der Waals surface area contributed by atoms with Crippen molar-refractivity contribution in [1.29, 1.82) is 0 Å². The second-order valence-corrected chi connectivity index (χ2v) is 3.07. The molecule has 0 amide bonds. The van der Waals surface area contributed by atoms with Gasteiger partial charge in [-0.3, -0.25) is 0 Å². The summed E-state index contributed by atoms with van der Waals surface area (Å²) in [6.45, 7) is 2.17. The molecule has 0 aliphatic carbocycles. The molecular weight excluding hydrogens is 169 g/mol. The number of nitrogens with two attached hydrogens (primary N) is 1. The first kappa shape index (κ1) is 10.2. The zero-order valence-corrected chi connectivity index (χ0v) is 7.88. The Morgan fingerprint density at radius 3 is 2.77 bits per heavy atom. The van der Waals surface area contributed by atoms with E-state index in [9.17, 15) is 4.39 Å². The number of hydrogen-bond donors (Lipinski definition) is 1.